The summed E-state index contributed by atoms with van der Waals surface area (Å²) in [6, 6.07) is 0. The molecule has 2 N–H and O–H groups in total. The first kappa shape index (κ1) is 4.67. The van der Waals surface area contributed by atoms with Crippen LogP contribution < -0.4 is 5.73 Å². The fraction of sp³-hybridized carbons (Fsp3) is 0.333. The Morgan fingerprint density at radius 2 is 2.71 bits per heavy atom. The van der Waals surface area contributed by atoms with Gasteiger partial charge in [0, 0.05) is 6.54 Å². The van der Waals surface area contributed by atoms with Crippen LogP contribution in [0.1, 0.15) is 4.88 Å². The Labute approximate surface area is 45.3 Å². The lowest BCUT2D eigenvalue weighted by Gasteiger charge is -1.75. The van der Waals surface area contributed by atoms with Crippen molar-refractivity contribution in [3.63, 3.8) is 0 Å². The molecule has 0 saturated heterocycles. The van der Waals surface area contributed by atoms with Crippen LogP contribution in [0.4, 0.5) is 0 Å². The molecule has 0 fully saturated rings. The van der Waals surface area contributed by atoms with Crippen molar-refractivity contribution < 1.29 is 0 Å². The van der Waals surface area contributed by atoms with E-state index in [1.807, 2.05) is 0 Å². The zero-order valence-corrected chi connectivity index (χ0v) is 4.48. The van der Waals surface area contributed by atoms with Crippen molar-refractivity contribution in [3.8, 4) is 0 Å². The summed E-state index contributed by atoms with van der Waals surface area (Å²) < 4.78 is 3.60. The highest BCUT2D eigenvalue weighted by atomic mass is 32.1. The number of rotatable bonds is 1. The van der Waals surface area contributed by atoms with E-state index in [0.29, 0.717) is 6.54 Å². The van der Waals surface area contributed by atoms with Gasteiger partial charge < -0.3 is 5.73 Å². The highest BCUT2D eigenvalue weighted by Gasteiger charge is 1.86. The van der Waals surface area contributed by atoms with Gasteiger partial charge in [0.2, 0.25) is 0 Å². The number of hydrogen-bond donors (Lipinski definition) is 1. The Hall–Kier alpha value is -0.480. The Bertz CT molecular complexity index is 125. The van der Waals surface area contributed by atoms with Crippen LogP contribution in [-0.2, 0) is 6.54 Å². The molecule has 1 aromatic heterocycles. The Balaban J connectivity index is 2.76. The Morgan fingerprint density at radius 3 is 3.00 bits per heavy atom. The smallest absolute Gasteiger partial charge is 0.0666 e. The predicted molar refractivity (Wildman–Crippen MR) is 27.8 cm³/mol. The molecule has 7 heavy (non-hydrogen) atoms. The summed E-state index contributed by atoms with van der Waals surface area (Å²) in [6.07, 6.45) is 1.67. The zero-order chi connectivity index (χ0) is 5.11. The van der Waals surface area contributed by atoms with Gasteiger partial charge in [-0.1, -0.05) is 4.49 Å². The molecule has 0 radical (unpaired) electrons. The van der Waals surface area contributed by atoms with Gasteiger partial charge in [0.1, 0.15) is 0 Å². The van der Waals surface area contributed by atoms with Crippen LogP contribution in [0, 0.1) is 0 Å². The minimum Gasteiger partial charge on any atom is -0.326 e. The lowest BCUT2D eigenvalue weighted by atomic mass is 10.6. The molecule has 0 aromatic carbocycles. The summed E-state index contributed by atoms with van der Waals surface area (Å²) in [5.41, 5.74) is 5.22. The molecule has 0 aliphatic rings. The highest BCUT2D eigenvalue weighted by molar-refractivity contribution is 7.05. The number of nitrogens with zero attached hydrogens (tertiary/aromatic N) is 2. The first-order chi connectivity index (χ1) is 3.43. The Morgan fingerprint density at radius 1 is 1.86 bits per heavy atom. The van der Waals surface area contributed by atoms with E-state index >= 15 is 0 Å². The van der Waals surface area contributed by atoms with Crippen LogP contribution in [0.2, 0.25) is 0 Å². The molecule has 0 atom stereocenters. The van der Waals surface area contributed by atoms with Crippen molar-refractivity contribution in [3.05, 3.63) is 11.1 Å². The standard InChI is InChI=1S/C3H5N3S/c4-1-3-2-5-6-7-3/h2H,1,4H2. The van der Waals surface area contributed by atoms with E-state index in [1.165, 1.54) is 11.5 Å². The number of nitrogens with two attached hydrogens (primary N) is 1. The fourth-order valence-corrected chi connectivity index (χ4v) is 0.645. The second-order valence-electron chi connectivity index (χ2n) is 1.09. The second kappa shape index (κ2) is 1.99. The van der Waals surface area contributed by atoms with Crippen molar-refractivity contribution in [2.75, 3.05) is 0 Å². The first-order valence-corrected chi connectivity index (χ1v) is 2.67. The van der Waals surface area contributed by atoms with Crippen LogP contribution in [0.25, 0.3) is 0 Å². The van der Waals surface area contributed by atoms with Gasteiger partial charge in [0.05, 0.1) is 11.1 Å². The molecule has 3 nitrogen and oxygen atoms in total. The van der Waals surface area contributed by atoms with E-state index in [1.54, 1.807) is 6.20 Å². The monoisotopic (exact) mass is 115 g/mol. The topological polar surface area (TPSA) is 51.8 Å². The van der Waals surface area contributed by atoms with E-state index in [9.17, 15) is 0 Å². The summed E-state index contributed by atoms with van der Waals surface area (Å²) in [5.74, 6) is 0. The van der Waals surface area contributed by atoms with Gasteiger partial charge in [-0.3, -0.25) is 0 Å². The zero-order valence-electron chi connectivity index (χ0n) is 3.66. The maximum atomic E-state index is 5.22. The highest BCUT2D eigenvalue weighted by Crippen LogP contribution is 1.97. The maximum Gasteiger partial charge on any atom is 0.0666 e. The van der Waals surface area contributed by atoms with E-state index < -0.39 is 0 Å². The maximum absolute atomic E-state index is 5.22. The quantitative estimate of drug-likeness (QED) is 0.560. The van der Waals surface area contributed by atoms with Gasteiger partial charge in [0.25, 0.3) is 0 Å². The third-order valence-corrected chi connectivity index (χ3v) is 1.29. The molecular weight excluding hydrogens is 110 g/mol. The van der Waals surface area contributed by atoms with Gasteiger partial charge >= 0.3 is 0 Å². The molecule has 38 valence electrons. The molecule has 0 aliphatic heterocycles. The van der Waals surface area contributed by atoms with Gasteiger partial charge in [-0.2, -0.15) is 0 Å². The predicted octanol–water partition coefficient (Wildman–Crippen LogP) is -0.00320. The molecule has 0 amide bonds. The molecule has 4 heteroatoms. The summed E-state index contributed by atoms with van der Waals surface area (Å²) >= 11 is 1.34. The van der Waals surface area contributed by atoms with Crippen LogP contribution in [0.5, 0.6) is 0 Å². The third kappa shape index (κ3) is 0.942. The van der Waals surface area contributed by atoms with E-state index in [-0.39, 0.29) is 0 Å². The summed E-state index contributed by atoms with van der Waals surface area (Å²) in [5, 5.41) is 3.58. The average Bonchev–Trinajstić information content (AvgIpc) is 2.14. The second-order valence-corrected chi connectivity index (χ2v) is 1.96. The van der Waals surface area contributed by atoms with Crippen molar-refractivity contribution in [2.24, 2.45) is 5.73 Å². The van der Waals surface area contributed by atoms with E-state index in [0.717, 1.165) is 4.88 Å². The summed E-state index contributed by atoms with van der Waals surface area (Å²) in [7, 11) is 0. The van der Waals surface area contributed by atoms with Gasteiger partial charge in [0.15, 0.2) is 0 Å². The normalized spacial score (nSPS) is 9.29. The van der Waals surface area contributed by atoms with Gasteiger partial charge in [-0.25, -0.2) is 0 Å². The largest absolute Gasteiger partial charge is 0.326 e. The molecule has 1 heterocycles. The lowest BCUT2D eigenvalue weighted by Crippen LogP contribution is -1.91. The van der Waals surface area contributed by atoms with Crippen LogP contribution in [0.15, 0.2) is 6.20 Å². The summed E-state index contributed by atoms with van der Waals surface area (Å²) in [4.78, 5) is 1.03. The lowest BCUT2D eigenvalue weighted by molar-refractivity contribution is 1.08. The van der Waals surface area contributed by atoms with Crippen molar-refractivity contribution in [2.45, 2.75) is 6.54 Å². The van der Waals surface area contributed by atoms with Crippen molar-refractivity contribution in [1.29, 1.82) is 0 Å². The van der Waals surface area contributed by atoms with Crippen molar-refractivity contribution >= 4 is 11.5 Å². The SMILES string of the molecule is NCc1cnns1. The van der Waals surface area contributed by atoms with Gasteiger partial charge in [-0.05, 0) is 11.5 Å². The number of hydrogen-bond acceptors (Lipinski definition) is 4. The molecule has 0 spiro atoms. The minimum absolute atomic E-state index is 0.553. The molecule has 1 rings (SSSR count). The summed E-state index contributed by atoms with van der Waals surface area (Å²) in [6.45, 7) is 0.553. The number of aromatic nitrogens is 2. The molecule has 0 unspecified atom stereocenters. The van der Waals surface area contributed by atoms with Crippen LogP contribution in [0.3, 0.4) is 0 Å². The van der Waals surface area contributed by atoms with Crippen molar-refractivity contribution in [1.82, 2.24) is 9.59 Å². The van der Waals surface area contributed by atoms with Gasteiger partial charge in [-0.15, -0.1) is 5.10 Å². The van der Waals surface area contributed by atoms with Crippen LogP contribution >= 0.6 is 11.5 Å². The molecule has 0 bridgehead atoms. The average molecular weight is 115 g/mol. The molecule has 0 saturated carbocycles. The molecule has 1 aromatic rings. The third-order valence-electron chi connectivity index (χ3n) is 0.608. The molecular formula is C3H5N3S. The fourth-order valence-electron chi connectivity index (χ4n) is 0.278. The van der Waals surface area contributed by atoms with E-state index in [2.05, 4.69) is 9.59 Å². The van der Waals surface area contributed by atoms with E-state index in [4.69, 9.17) is 5.73 Å². The Kier molecular flexibility index (Phi) is 1.33. The minimum atomic E-state index is 0.553. The first-order valence-electron chi connectivity index (χ1n) is 1.90. The van der Waals surface area contributed by atoms with Crippen LogP contribution in [-0.4, -0.2) is 9.59 Å². The molecule has 0 aliphatic carbocycles.